The van der Waals surface area contributed by atoms with E-state index >= 15 is 0 Å². The van der Waals surface area contributed by atoms with Gasteiger partial charge in [-0.3, -0.25) is 14.6 Å². The fraction of sp³-hybridized carbons (Fsp3) is 0.588. The Hall–Kier alpha value is -1.91. The molecule has 1 fully saturated rings. The zero-order valence-corrected chi connectivity index (χ0v) is 13.4. The molecular formula is C17H25N3O2. The average molecular weight is 303 g/mol. The fourth-order valence-corrected chi connectivity index (χ4v) is 2.76. The van der Waals surface area contributed by atoms with Crippen molar-refractivity contribution in [3.8, 4) is 0 Å². The molecule has 1 heterocycles. The minimum atomic E-state index is -0.943. The third kappa shape index (κ3) is 4.55. The van der Waals surface area contributed by atoms with Gasteiger partial charge in [-0.2, -0.15) is 0 Å². The maximum absolute atomic E-state index is 12.3. The highest BCUT2D eigenvalue weighted by molar-refractivity contribution is 5.98. The first-order valence-corrected chi connectivity index (χ1v) is 8.00. The third-order valence-corrected chi connectivity index (χ3v) is 4.19. The Morgan fingerprint density at radius 1 is 1.27 bits per heavy atom. The Morgan fingerprint density at radius 2 is 2.00 bits per heavy atom. The summed E-state index contributed by atoms with van der Waals surface area (Å²) in [6.07, 6.45) is 9.27. The molecular weight excluding hydrogens is 278 g/mol. The van der Waals surface area contributed by atoms with Gasteiger partial charge in [0.15, 0.2) is 0 Å². The van der Waals surface area contributed by atoms with Crippen LogP contribution in [0.25, 0.3) is 0 Å². The van der Waals surface area contributed by atoms with Crippen molar-refractivity contribution in [1.29, 1.82) is 0 Å². The van der Waals surface area contributed by atoms with Crippen molar-refractivity contribution in [1.82, 2.24) is 15.6 Å². The Kier molecular flexibility index (Phi) is 5.52. The first-order chi connectivity index (χ1) is 10.5. The van der Waals surface area contributed by atoms with E-state index in [-0.39, 0.29) is 11.8 Å². The van der Waals surface area contributed by atoms with Crippen molar-refractivity contribution in [2.45, 2.75) is 51.5 Å². The molecule has 5 nitrogen and oxygen atoms in total. The van der Waals surface area contributed by atoms with Gasteiger partial charge in [-0.25, -0.2) is 0 Å². The second kappa shape index (κ2) is 7.38. The minimum absolute atomic E-state index is 0.143. The second-order valence-electron chi connectivity index (χ2n) is 6.53. The highest BCUT2D eigenvalue weighted by Crippen LogP contribution is 2.22. The number of rotatable bonds is 5. The van der Waals surface area contributed by atoms with Crippen molar-refractivity contribution in [3.05, 3.63) is 30.1 Å². The third-order valence-electron chi connectivity index (χ3n) is 4.19. The largest absolute Gasteiger partial charge is 0.354 e. The van der Waals surface area contributed by atoms with Gasteiger partial charge in [-0.1, -0.05) is 19.3 Å². The van der Waals surface area contributed by atoms with Gasteiger partial charge in [-0.15, -0.1) is 0 Å². The number of nitrogens with zero attached hydrogens (tertiary/aromatic N) is 1. The van der Waals surface area contributed by atoms with Crippen molar-refractivity contribution in [3.63, 3.8) is 0 Å². The maximum Gasteiger partial charge on any atom is 0.253 e. The number of aromatic nitrogens is 1. The lowest BCUT2D eigenvalue weighted by Crippen LogP contribution is -2.55. The van der Waals surface area contributed by atoms with E-state index in [9.17, 15) is 9.59 Å². The lowest BCUT2D eigenvalue weighted by Gasteiger charge is -2.27. The van der Waals surface area contributed by atoms with Crippen LogP contribution in [-0.4, -0.2) is 28.9 Å². The molecule has 1 aliphatic rings. The lowest BCUT2D eigenvalue weighted by molar-refractivity contribution is -0.126. The van der Waals surface area contributed by atoms with Crippen molar-refractivity contribution < 1.29 is 9.59 Å². The van der Waals surface area contributed by atoms with E-state index in [1.165, 1.54) is 38.3 Å². The zero-order chi connectivity index (χ0) is 16.0. The number of pyridine rings is 1. The van der Waals surface area contributed by atoms with E-state index in [0.717, 1.165) is 0 Å². The van der Waals surface area contributed by atoms with Gasteiger partial charge in [0.25, 0.3) is 5.91 Å². The number of carbonyl (C=O) groups excluding carboxylic acids is 2. The topological polar surface area (TPSA) is 71.1 Å². The van der Waals surface area contributed by atoms with E-state index in [1.54, 1.807) is 32.2 Å². The van der Waals surface area contributed by atoms with E-state index in [1.807, 2.05) is 0 Å². The van der Waals surface area contributed by atoms with Crippen LogP contribution >= 0.6 is 0 Å². The number of nitrogens with one attached hydrogen (secondary N) is 2. The van der Waals surface area contributed by atoms with Crippen LogP contribution in [0.1, 0.15) is 56.3 Å². The van der Waals surface area contributed by atoms with Crippen molar-refractivity contribution >= 4 is 11.8 Å². The van der Waals surface area contributed by atoms with Crippen LogP contribution in [0.5, 0.6) is 0 Å². The summed E-state index contributed by atoms with van der Waals surface area (Å²) in [5, 5.41) is 5.75. The van der Waals surface area contributed by atoms with Gasteiger partial charge in [0.2, 0.25) is 5.91 Å². The van der Waals surface area contributed by atoms with Gasteiger partial charge in [0, 0.05) is 18.9 Å². The molecule has 0 atom stereocenters. The molecule has 2 N–H and O–H groups in total. The molecule has 0 saturated heterocycles. The van der Waals surface area contributed by atoms with Crippen LogP contribution in [-0.2, 0) is 4.79 Å². The summed E-state index contributed by atoms with van der Waals surface area (Å²) in [6.45, 7) is 4.14. The van der Waals surface area contributed by atoms with Crippen LogP contribution in [0.3, 0.4) is 0 Å². The van der Waals surface area contributed by atoms with E-state index in [2.05, 4.69) is 15.6 Å². The zero-order valence-electron chi connectivity index (χ0n) is 13.4. The quantitative estimate of drug-likeness (QED) is 0.876. The molecule has 0 bridgehead atoms. The van der Waals surface area contributed by atoms with Gasteiger partial charge in [-0.05, 0) is 44.7 Å². The molecule has 0 radical (unpaired) electrons. The Balaban J connectivity index is 1.85. The van der Waals surface area contributed by atoms with Crippen LogP contribution < -0.4 is 10.6 Å². The fourth-order valence-electron chi connectivity index (χ4n) is 2.76. The summed E-state index contributed by atoms with van der Waals surface area (Å²) < 4.78 is 0. The minimum Gasteiger partial charge on any atom is -0.354 e. The van der Waals surface area contributed by atoms with Gasteiger partial charge in [0.05, 0.1) is 5.56 Å². The standard InChI is InChI=1S/C17H25N3O2/c1-17(2,20-15(21)14-9-6-10-18-12-14)16(22)19-11-13-7-4-3-5-8-13/h6,9-10,12-13H,3-5,7-8,11H2,1-2H3,(H,19,22)(H,20,21). The van der Waals surface area contributed by atoms with Gasteiger partial charge >= 0.3 is 0 Å². The number of hydrogen-bond acceptors (Lipinski definition) is 3. The van der Waals surface area contributed by atoms with Crippen LogP contribution in [0.2, 0.25) is 0 Å². The molecule has 0 unspecified atom stereocenters. The SMILES string of the molecule is CC(C)(NC(=O)c1cccnc1)C(=O)NCC1CCCCC1. The van der Waals surface area contributed by atoms with Crippen LogP contribution in [0.15, 0.2) is 24.5 Å². The van der Waals surface area contributed by atoms with Gasteiger partial charge < -0.3 is 10.6 Å². The average Bonchev–Trinajstić information content (AvgIpc) is 2.54. The summed E-state index contributed by atoms with van der Waals surface area (Å²) in [7, 11) is 0. The molecule has 1 aromatic heterocycles. The number of carbonyl (C=O) groups is 2. The van der Waals surface area contributed by atoms with Crippen LogP contribution in [0, 0.1) is 5.92 Å². The highest BCUT2D eigenvalue weighted by Gasteiger charge is 2.30. The van der Waals surface area contributed by atoms with E-state index < -0.39 is 5.54 Å². The smallest absolute Gasteiger partial charge is 0.253 e. The van der Waals surface area contributed by atoms with E-state index in [0.29, 0.717) is 18.0 Å². The first kappa shape index (κ1) is 16.5. The van der Waals surface area contributed by atoms with Gasteiger partial charge in [0.1, 0.15) is 5.54 Å². The molecule has 0 aromatic carbocycles. The second-order valence-corrected chi connectivity index (χ2v) is 6.53. The molecule has 5 heteroatoms. The van der Waals surface area contributed by atoms with Crippen molar-refractivity contribution in [2.24, 2.45) is 5.92 Å². The highest BCUT2D eigenvalue weighted by atomic mass is 16.2. The predicted octanol–water partition coefficient (Wildman–Crippen LogP) is 2.29. The van der Waals surface area contributed by atoms with Crippen LogP contribution in [0.4, 0.5) is 0 Å². The maximum atomic E-state index is 12.3. The Bertz CT molecular complexity index is 508. The molecule has 0 aliphatic heterocycles. The predicted molar refractivity (Wildman–Crippen MR) is 85.4 cm³/mol. The summed E-state index contributed by atoms with van der Waals surface area (Å²) >= 11 is 0. The lowest BCUT2D eigenvalue weighted by atomic mass is 9.89. The Labute approximate surface area is 131 Å². The first-order valence-electron chi connectivity index (χ1n) is 8.00. The summed E-state index contributed by atoms with van der Waals surface area (Å²) in [4.78, 5) is 28.4. The van der Waals surface area contributed by atoms with E-state index in [4.69, 9.17) is 0 Å². The molecule has 22 heavy (non-hydrogen) atoms. The molecule has 1 saturated carbocycles. The molecule has 0 spiro atoms. The number of hydrogen-bond donors (Lipinski definition) is 2. The molecule has 1 aliphatic carbocycles. The summed E-state index contributed by atoms with van der Waals surface area (Å²) in [5.74, 6) is 0.142. The Morgan fingerprint density at radius 3 is 2.64 bits per heavy atom. The monoisotopic (exact) mass is 303 g/mol. The molecule has 120 valence electrons. The molecule has 1 aromatic rings. The number of amides is 2. The van der Waals surface area contributed by atoms with Crippen molar-refractivity contribution in [2.75, 3.05) is 6.54 Å². The molecule has 2 rings (SSSR count). The normalized spacial score (nSPS) is 16.1. The summed E-state index contributed by atoms with van der Waals surface area (Å²) in [5.41, 5.74) is -0.489. The summed E-state index contributed by atoms with van der Waals surface area (Å²) in [6, 6.07) is 3.38. The molecule has 2 amide bonds.